The number of halogens is 2. The van der Waals surface area contributed by atoms with Crippen LogP contribution < -0.4 is 10.6 Å². The highest BCUT2D eigenvalue weighted by Crippen LogP contribution is 2.43. The maximum absolute atomic E-state index is 14.5. The summed E-state index contributed by atoms with van der Waals surface area (Å²) in [6.07, 6.45) is 4.33. The summed E-state index contributed by atoms with van der Waals surface area (Å²) in [7, 11) is 0. The van der Waals surface area contributed by atoms with Crippen molar-refractivity contribution in [2.75, 3.05) is 11.1 Å². The zero-order valence-electron chi connectivity index (χ0n) is 35.8. The number of β-lactam (4-membered cyclic amide) rings is 1. The predicted octanol–water partition coefficient (Wildman–Crippen LogP) is 10.2. The number of nitrogens with one attached hydrogen (secondary N) is 2. The molecular formula is C52H40F2N6O5S3. The Morgan fingerprint density at radius 3 is 1.93 bits per heavy atom. The van der Waals surface area contributed by atoms with Crippen molar-refractivity contribution in [3.05, 3.63) is 238 Å². The molecule has 0 bridgehead atoms. The van der Waals surface area contributed by atoms with Gasteiger partial charge in [0.15, 0.2) is 16.9 Å². The van der Waals surface area contributed by atoms with Gasteiger partial charge in [0, 0.05) is 28.4 Å². The minimum absolute atomic E-state index is 0.0213. The Kier molecular flexibility index (Phi) is 14.2. The molecule has 1 saturated heterocycles. The van der Waals surface area contributed by atoms with Crippen LogP contribution in [0.2, 0.25) is 0 Å². The predicted molar refractivity (Wildman–Crippen MR) is 261 cm³/mol. The lowest BCUT2D eigenvalue weighted by atomic mass is 9.77. The lowest BCUT2D eigenvalue weighted by Gasteiger charge is -2.49. The number of ether oxygens (including phenoxy) is 1. The maximum atomic E-state index is 14.5. The summed E-state index contributed by atoms with van der Waals surface area (Å²) in [5, 5.41) is 12.7. The Morgan fingerprint density at radius 2 is 1.38 bits per heavy atom. The summed E-state index contributed by atoms with van der Waals surface area (Å²) in [5.74, 6) is -2.08. The summed E-state index contributed by atoms with van der Waals surface area (Å²) >= 11 is 3.84. The molecule has 2 aromatic heterocycles. The molecule has 1 unspecified atom stereocenters. The fourth-order valence-electron chi connectivity index (χ4n) is 8.01. The van der Waals surface area contributed by atoms with Crippen LogP contribution in [-0.2, 0) is 29.5 Å². The first-order valence-electron chi connectivity index (χ1n) is 21.3. The highest BCUT2D eigenvalue weighted by molar-refractivity contribution is 8.02. The quantitative estimate of drug-likeness (QED) is 0.0227. The maximum Gasteiger partial charge on any atom is 0.407 e. The van der Waals surface area contributed by atoms with Gasteiger partial charge in [-0.2, -0.15) is 8.78 Å². The van der Waals surface area contributed by atoms with Crippen LogP contribution >= 0.6 is 34.9 Å². The zero-order chi connectivity index (χ0) is 46.9. The molecule has 7 aromatic rings. The highest BCUT2D eigenvalue weighted by atomic mass is 32.2. The van der Waals surface area contributed by atoms with Gasteiger partial charge in [0.2, 0.25) is 0 Å². The molecule has 4 heterocycles. The molecule has 2 N–H and O–H groups in total. The monoisotopic (exact) mass is 962 g/mol. The van der Waals surface area contributed by atoms with E-state index in [0.29, 0.717) is 10.7 Å². The van der Waals surface area contributed by atoms with Crippen LogP contribution in [0.5, 0.6) is 0 Å². The van der Waals surface area contributed by atoms with E-state index in [1.54, 1.807) is 18.5 Å². The molecule has 2 aliphatic heterocycles. The number of hydrogen-bond donors (Lipinski definition) is 2. The van der Waals surface area contributed by atoms with Gasteiger partial charge in [0.25, 0.3) is 11.8 Å². The van der Waals surface area contributed by atoms with Crippen LogP contribution in [0.3, 0.4) is 0 Å². The summed E-state index contributed by atoms with van der Waals surface area (Å²) in [4.78, 5) is 58.5. The minimum Gasteiger partial charge on any atom is -0.448 e. The van der Waals surface area contributed by atoms with Gasteiger partial charge in [-0.1, -0.05) is 169 Å². The van der Waals surface area contributed by atoms with Gasteiger partial charge in [-0.15, -0.1) is 23.1 Å². The molecule has 2 amide bonds. The molecule has 0 spiro atoms. The van der Waals surface area contributed by atoms with Gasteiger partial charge in [0.1, 0.15) is 28.3 Å². The number of rotatable bonds is 17. The summed E-state index contributed by atoms with van der Waals surface area (Å²) in [6.45, 7) is -3.36. The molecule has 1 fully saturated rings. The third kappa shape index (κ3) is 9.83. The van der Waals surface area contributed by atoms with E-state index < -0.39 is 53.2 Å². The number of pyridine rings is 1. The second-order valence-electron chi connectivity index (χ2n) is 15.3. The lowest BCUT2D eigenvalue weighted by Crippen LogP contribution is -2.71. The van der Waals surface area contributed by atoms with Gasteiger partial charge in [0.05, 0.1) is 0 Å². The van der Waals surface area contributed by atoms with Crippen LogP contribution in [0.15, 0.2) is 214 Å². The summed E-state index contributed by atoms with van der Waals surface area (Å²) in [5.41, 5.74) is 3.02. The number of fused-ring (bicyclic) bond motifs is 1. The Morgan fingerprint density at radius 1 is 0.809 bits per heavy atom. The van der Waals surface area contributed by atoms with Gasteiger partial charge in [-0.05, 0) is 57.0 Å². The van der Waals surface area contributed by atoms with Crippen LogP contribution in [0, 0.1) is 0 Å². The zero-order valence-corrected chi connectivity index (χ0v) is 38.3. The number of alkyl halides is 2. The first-order chi connectivity index (χ1) is 33.3. The number of esters is 1. The van der Waals surface area contributed by atoms with E-state index in [1.165, 1.54) is 33.8 Å². The number of benzene rings is 5. The van der Waals surface area contributed by atoms with Crippen molar-refractivity contribution in [3.8, 4) is 0 Å². The third-order valence-corrected chi connectivity index (χ3v) is 14.0. The largest absolute Gasteiger partial charge is 0.448 e. The van der Waals surface area contributed by atoms with Crippen LogP contribution in [0.25, 0.3) is 0 Å². The number of carbonyl (C=O) groups is 3. The average molecular weight is 963 g/mol. The van der Waals surface area contributed by atoms with Crippen LogP contribution in [0.4, 0.5) is 13.9 Å². The highest BCUT2D eigenvalue weighted by Gasteiger charge is 2.55. The average Bonchev–Trinajstić information content (AvgIpc) is 3.85. The number of nitrogens with zero attached hydrogens (tertiary/aromatic N) is 4. The van der Waals surface area contributed by atoms with Crippen molar-refractivity contribution in [1.82, 2.24) is 20.2 Å². The number of anilines is 1. The van der Waals surface area contributed by atoms with E-state index in [0.717, 1.165) is 44.0 Å². The van der Waals surface area contributed by atoms with Crippen LogP contribution in [0.1, 0.15) is 39.6 Å². The fraction of sp³-hybridized carbons (Fsp3) is 0.115. The Labute approximate surface area is 403 Å². The number of amides is 2. The van der Waals surface area contributed by atoms with E-state index >= 15 is 0 Å². The van der Waals surface area contributed by atoms with E-state index in [1.807, 2.05) is 169 Å². The Hall–Kier alpha value is -7.40. The van der Waals surface area contributed by atoms with Crippen molar-refractivity contribution in [2.45, 2.75) is 34.6 Å². The molecule has 0 saturated carbocycles. The molecule has 9 rings (SSSR count). The van der Waals surface area contributed by atoms with Crippen molar-refractivity contribution in [3.63, 3.8) is 0 Å². The van der Waals surface area contributed by atoms with Gasteiger partial charge in [-0.3, -0.25) is 19.5 Å². The number of carbonyl (C=O) groups excluding carboxylic acids is 3. The number of allylic oxidation sites excluding steroid dienone is 1. The number of thiazole rings is 1. The standard InChI is InChI=1S/C52H40F2N6O5S3/c53-50(54)65-59-42(41-33-68-51(56-41)58-52(37-21-10-3-11-22-37,38-23-12-4-13-24-38)39-25-14-5-15-26-39)46(61)57-43-47(62)60-44(36(32-67-48(43)60)28-30-66-40-27-16-29-55-31-40)49(63)64-45(34-17-6-1-7-18-34)35-19-8-2-9-20-35/h1-31,33,43,45,48,50H,32H2,(H,56,58)(H,57,61)/b30-28+,59-42?/t43?,48-/m0/s1. The van der Waals surface area contributed by atoms with E-state index in [9.17, 15) is 23.2 Å². The minimum atomic E-state index is -3.36. The molecule has 16 heteroatoms. The molecule has 68 heavy (non-hydrogen) atoms. The van der Waals surface area contributed by atoms with Gasteiger partial charge < -0.3 is 20.2 Å². The van der Waals surface area contributed by atoms with Crippen molar-refractivity contribution < 1.29 is 32.7 Å². The molecule has 0 aliphatic carbocycles. The smallest absolute Gasteiger partial charge is 0.407 e. The van der Waals surface area contributed by atoms with Crippen molar-refractivity contribution >= 4 is 63.5 Å². The van der Waals surface area contributed by atoms with E-state index in [4.69, 9.17) is 9.72 Å². The molecule has 5 aromatic carbocycles. The SMILES string of the molecule is O=C(NC1C(=O)N2C(C(=O)OC(c3ccccc3)c3ccccc3)=C(/C=C/Sc3cccnc3)CS[C@@H]12)C(=NOC(F)F)c1csc(NC(c2ccccc2)(c2ccccc2)c2ccccc2)n1. The second-order valence-corrected chi connectivity index (χ2v) is 18.2. The third-order valence-electron chi connectivity index (χ3n) is 11.1. The molecule has 11 nitrogen and oxygen atoms in total. The number of thioether (sulfide) groups is 2. The van der Waals surface area contributed by atoms with Crippen LogP contribution in [-0.4, -0.2) is 62.1 Å². The van der Waals surface area contributed by atoms with E-state index in [2.05, 4.69) is 25.6 Å². The number of oxime groups is 1. The summed E-state index contributed by atoms with van der Waals surface area (Å²) < 4.78 is 33.5. The lowest BCUT2D eigenvalue weighted by molar-refractivity contribution is -0.154. The Bertz CT molecular complexity index is 2810. The van der Waals surface area contributed by atoms with E-state index in [-0.39, 0.29) is 17.1 Å². The number of hydrogen-bond acceptors (Lipinski definition) is 12. The first kappa shape index (κ1) is 45.7. The number of aromatic nitrogens is 2. The van der Waals surface area contributed by atoms with Gasteiger partial charge >= 0.3 is 12.6 Å². The van der Waals surface area contributed by atoms with Crippen molar-refractivity contribution in [1.29, 1.82) is 0 Å². The molecular weight excluding hydrogens is 923 g/mol. The van der Waals surface area contributed by atoms with Crippen molar-refractivity contribution in [2.24, 2.45) is 5.16 Å². The fourth-order valence-corrected chi connectivity index (χ4v) is 10.7. The molecule has 340 valence electrons. The molecule has 0 radical (unpaired) electrons. The van der Waals surface area contributed by atoms with Gasteiger partial charge in [-0.25, -0.2) is 9.78 Å². The summed E-state index contributed by atoms with van der Waals surface area (Å²) in [6, 6.07) is 50.4. The topological polar surface area (TPSA) is 135 Å². The molecule has 2 atom stereocenters. The Balaban J connectivity index is 1.00. The normalized spacial score (nSPS) is 16.1. The molecule has 2 aliphatic rings. The first-order valence-corrected chi connectivity index (χ1v) is 24.1. The second kappa shape index (κ2) is 21.1.